The lowest BCUT2D eigenvalue weighted by Gasteiger charge is -2.18. The molecule has 2 heterocycles. The number of nitrogens with zero attached hydrogens (tertiary/aromatic N) is 1. The van der Waals surface area contributed by atoms with Gasteiger partial charge in [0.1, 0.15) is 8.07 Å². The molecule has 0 saturated heterocycles. The van der Waals surface area contributed by atoms with E-state index in [1.54, 1.807) is 12.1 Å². The summed E-state index contributed by atoms with van der Waals surface area (Å²) in [5.74, 6) is 0. The van der Waals surface area contributed by atoms with Crippen molar-refractivity contribution >= 4 is 18.4 Å². The second-order valence-electron chi connectivity index (χ2n) is 5.28. The van der Waals surface area contributed by atoms with Crippen LogP contribution in [-0.4, -0.2) is 13.1 Å². The molecule has 0 atom stereocenters. The van der Waals surface area contributed by atoms with Crippen molar-refractivity contribution in [3.8, 4) is 22.4 Å². The highest BCUT2D eigenvalue weighted by molar-refractivity contribution is 7.03. The van der Waals surface area contributed by atoms with Gasteiger partial charge in [-0.05, 0) is 27.6 Å². The summed E-state index contributed by atoms with van der Waals surface area (Å²) in [4.78, 5) is 4.46. The minimum atomic E-state index is -4.06. The predicted molar refractivity (Wildman–Crippen MR) is 91.9 cm³/mol. The fourth-order valence-electron chi connectivity index (χ4n) is 2.93. The van der Waals surface area contributed by atoms with Crippen LogP contribution < -0.4 is 10.4 Å². The highest BCUT2D eigenvalue weighted by atomic mass is 28.3. The van der Waals surface area contributed by atoms with Gasteiger partial charge in [-0.2, -0.15) is 0 Å². The van der Waals surface area contributed by atoms with Gasteiger partial charge in [0.05, 0.1) is 5.69 Å². The Balaban J connectivity index is 2.08. The molecule has 4 rings (SSSR count). The van der Waals surface area contributed by atoms with Gasteiger partial charge in [0, 0.05) is 20.0 Å². The SMILES string of the molecule is [2H]C([2H])([2H])[Si]1(C([2H])([2H])[2H])c2ccccc2-c2cc(-c3ccccc3)ncc21. The van der Waals surface area contributed by atoms with Gasteiger partial charge in [-0.15, -0.1) is 0 Å². The quantitative estimate of drug-likeness (QED) is 0.625. The Labute approximate surface area is 134 Å². The Morgan fingerprint density at radius 1 is 0.857 bits per heavy atom. The molecule has 2 aromatic carbocycles. The van der Waals surface area contributed by atoms with Crippen LogP contribution in [0.4, 0.5) is 0 Å². The number of hydrogen-bond donors (Lipinski definition) is 0. The highest BCUT2D eigenvalue weighted by Crippen LogP contribution is 2.30. The number of pyridine rings is 1. The summed E-state index contributed by atoms with van der Waals surface area (Å²) in [5.41, 5.74) is 2.98. The number of rotatable bonds is 1. The standard InChI is InChI=1S/C19H17NSi/c1-21(2)18-11-7-6-10-15(18)16-12-17(20-13-19(16)21)14-8-4-3-5-9-14/h3-13H,1-2H3/i1D3,2D3. The van der Waals surface area contributed by atoms with Crippen LogP contribution in [-0.2, 0) is 0 Å². The molecule has 3 aromatic rings. The summed E-state index contributed by atoms with van der Waals surface area (Å²) in [6, 6.07) is 18.4. The topological polar surface area (TPSA) is 12.9 Å². The molecule has 0 N–H and O–H groups in total. The van der Waals surface area contributed by atoms with Gasteiger partial charge >= 0.3 is 0 Å². The van der Waals surface area contributed by atoms with Crippen molar-refractivity contribution in [3.05, 3.63) is 66.9 Å². The van der Waals surface area contributed by atoms with E-state index in [0.717, 1.165) is 5.56 Å². The zero-order chi connectivity index (χ0) is 19.4. The third kappa shape index (κ3) is 1.79. The Hall–Kier alpha value is -2.19. The number of hydrogen-bond acceptors (Lipinski definition) is 1. The van der Waals surface area contributed by atoms with Crippen LogP contribution in [0.25, 0.3) is 22.4 Å². The fraction of sp³-hybridized carbons (Fsp3) is 0.105. The van der Waals surface area contributed by atoms with Gasteiger partial charge < -0.3 is 0 Å². The summed E-state index contributed by atoms with van der Waals surface area (Å²) in [7, 11) is -4.06. The van der Waals surface area contributed by atoms with Crippen molar-refractivity contribution in [1.82, 2.24) is 4.98 Å². The molecule has 1 aliphatic heterocycles. The Kier molecular flexibility index (Phi) is 1.62. The summed E-state index contributed by atoms with van der Waals surface area (Å²) in [6.45, 7) is -5.23. The molecule has 0 fully saturated rings. The third-order valence-corrected chi connectivity index (χ3v) is 6.45. The first-order chi connectivity index (χ1) is 12.7. The fourth-order valence-corrected chi connectivity index (χ4v) is 5.06. The third-order valence-electron chi connectivity index (χ3n) is 4.00. The van der Waals surface area contributed by atoms with Crippen LogP contribution >= 0.6 is 0 Å². The average Bonchev–Trinajstić information content (AvgIpc) is 2.93. The molecule has 0 aliphatic carbocycles. The van der Waals surface area contributed by atoms with E-state index in [-0.39, 0.29) is 0 Å². The molecule has 0 bridgehead atoms. The molecule has 1 aromatic heterocycles. The van der Waals surface area contributed by atoms with E-state index in [4.69, 9.17) is 8.22 Å². The molecule has 2 heteroatoms. The Morgan fingerprint density at radius 2 is 1.62 bits per heavy atom. The Morgan fingerprint density at radius 3 is 2.43 bits per heavy atom. The normalized spacial score (nSPS) is 20.0. The van der Waals surface area contributed by atoms with E-state index in [2.05, 4.69) is 4.98 Å². The molecule has 21 heavy (non-hydrogen) atoms. The molecule has 0 amide bonds. The minimum absolute atomic E-state index is 0.378. The highest BCUT2D eigenvalue weighted by Gasteiger charge is 2.37. The maximum atomic E-state index is 8.22. The average molecular weight is 293 g/mol. The zero-order valence-electron chi connectivity index (χ0n) is 17.3. The van der Waals surface area contributed by atoms with Crippen molar-refractivity contribution in [2.75, 3.05) is 0 Å². The smallest absolute Gasteiger partial charge is 0.115 e. The predicted octanol–water partition coefficient (Wildman–Crippen LogP) is 3.55. The molecule has 1 aliphatic rings. The van der Waals surface area contributed by atoms with Gasteiger partial charge in [0.15, 0.2) is 0 Å². The lowest BCUT2D eigenvalue weighted by Crippen LogP contribution is -2.49. The maximum Gasteiger partial charge on any atom is 0.115 e. The van der Waals surface area contributed by atoms with E-state index in [1.165, 1.54) is 6.20 Å². The monoisotopic (exact) mass is 293 g/mol. The van der Waals surface area contributed by atoms with E-state index in [9.17, 15) is 0 Å². The van der Waals surface area contributed by atoms with Gasteiger partial charge in [-0.3, -0.25) is 4.98 Å². The van der Waals surface area contributed by atoms with Crippen LogP contribution in [0.2, 0.25) is 13.0 Å². The van der Waals surface area contributed by atoms with Gasteiger partial charge in [-0.1, -0.05) is 67.5 Å². The van der Waals surface area contributed by atoms with Crippen LogP contribution in [0, 0.1) is 0 Å². The van der Waals surface area contributed by atoms with Crippen molar-refractivity contribution in [3.63, 3.8) is 0 Å². The molecule has 102 valence electrons. The van der Waals surface area contributed by atoms with Crippen molar-refractivity contribution < 1.29 is 8.22 Å². The van der Waals surface area contributed by atoms with Crippen LogP contribution in [0.15, 0.2) is 66.9 Å². The van der Waals surface area contributed by atoms with E-state index in [0.29, 0.717) is 27.2 Å². The first kappa shape index (κ1) is 7.71. The summed E-state index contributed by atoms with van der Waals surface area (Å²) < 4.78 is 49.3. The Bertz CT molecular complexity index is 997. The number of fused-ring (bicyclic) bond motifs is 3. The lowest BCUT2D eigenvalue weighted by molar-refractivity contribution is 1.34. The van der Waals surface area contributed by atoms with Crippen LogP contribution in [0.3, 0.4) is 0 Å². The van der Waals surface area contributed by atoms with Crippen LogP contribution in [0.1, 0.15) is 8.22 Å². The maximum absolute atomic E-state index is 8.22. The van der Waals surface area contributed by atoms with Crippen molar-refractivity contribution in [2.45, 2.75) is 13.0 Å². The minimum Gasteiger partial charge on any atom is -0.256 e. The lowest BCUT2D eigenvalue weighted by atomic mass is 10.0. The summed E-state index contributed by atoms with van der Waals surface area (Å²) in [5, 5.41) is 0.829. The number of aromatic nitrogens is 1. The second kappa shape index (κ2) is 4.40. The van der Waals surface area contributed by atoms with Gasteiger partial charge in [0.2, 0.25) is 0 Å². The molecule has 0 saturated carbocycles. The summed E-state index contributed by atoms with van der Waals surface area (Å²) >= 11 is 0. The van der Waals surface area contributed by atoms with Gasteiger partial charge in [0.25, 0.3) is 0 Å². The molecule has 0 spiro atoms. The molecule has 0 radical (unpaired) electrons. The van der Waals surface area contributed by atoms with E-state index >= 15 is 0 Å². The van der Waals surface area contributed by atoms with E-state index in [1.807, 2.05) is 48.5 Å². The van der Waals surface area contributed by atoms with Crippen LogP contribution in [0.5, 0.6) is 0 Å². The summed E-state index contributed by atoms with van der Waals surface area (Å²) in [6.07, 6.45) is 1.49. The first-order valence-electron chi connectivity index (χ1n) is 9.84. The largest absolute Gasteiger partial charge is 0.256 e. The molecule has 0 unspecified atom stereocenters. The molecular formula is C19H17NSi. The molecule has 1 nitrogen and oxygen atoms in total. The first-order valence-corrected chi connectivity index (χ1v) is 8.84. The van der Waals surface area contributed by atoms with Crippen molar-refractivity contribution in [1.29, 1.82) is 0 Å². The van der Waals surface area contributed by atoms with Crippen molar-refractivity contribution in [2.24, 2.45) is 0 Å². The molecular weight excluding hydrogens is 270 g/mol. The van der Waals surface area contributed by atoms with E-state index < -0.39 is 21.0 Å². The van der Waals surface area contributed by atoms with Gasteiger partial charge in [-0.25, -0.2) is 0 Å². The second-order valence-corrected chi connectivity index (χ2v) is 7.85. The zero-order valence-corrected chi connectivity index (χ0v) is 12.3. The number of benzene rings is 2.